The number of benzene rings is 1. The Labute approximate surface area is 156 Å². The largest absolute Gasteiger partial charge is 0.493 e. The SMILES string of the molecule is CC(O)c1ccc(CCOc2ccc(CC3SC(=O)CC3=O)cc2)nc1. The molecular weight excluding hydrogens is 350 g/mol. The number of ether oxygens (including phenoxy) is 1. The van der Waals surface area contributed by atoms with Gasteiger partial charge in [0.25, 0.3) is 0 Å². The van der Waals surface area contributed by atoms with Gasteiger partial charge in [-0.3, -0.25) is 14.6 Å². The van der Waals surface area contributed by atoms with Gasteiger partial charge in [-0.25, -0.2) is 0 Å². The highest BCUT2D eigenvalue weighted by Gasteiger charge is 2.31. The number of ketones is 1. The van der Waals surface area contributed by atoms with Crippen molar-refractivity contribution < 1.29 is 19.4 Å². The van der Waals surface area contributed by atoms with Crippen LogP contribution in [0.25, 0.3) is 0 Å². The van der Waals surface area contributed by atoms with Crippen LogP contribution < -0.4 is 4.74 Å². The predicted octanol–water partition coefficient (Wildman–Crippen LogP) is 2.90. The van der Waals surface area contributed by atoms with Gasteiger partial charge in [0, 0.05) is 18.3 Å². The summed E-state index contributed by atoms with van der Waals surface area (Å²) in [5, 5.41) is 9.20. The highest BCUT2D eigenvalue weighted by molar-refractivity contribution is 8.15. The van der Waals surface area contributed by atoms with E-state index in [4.69, 9.17) is 4.74 Å². The van der Waals surface area contributed by atoms with E-state index in [9.17, 15) is 14.7 Å². The van der Waals surface area contributed by atoms with E-state index in [2.05, 4.69) is 4.98 Å². The summed E-state index contributed by atoms with van der Waals surface area (Å²) < 4.78 is 5.74. The van der Waals surface area contributed by atoms with Crippen molar-refractivity contribution in [3.8, 4) is 5.75 Å². The van der Waals surface area contributed by atoms with Crippen molar-refractivity contribution in [2.75, 3.05) is 6.61 Å². The zero-order chi connectivity index (χ0) is 18.5. The second-order valence-corrected chi connectivity index (χ2v) is 7.59. The second kappa shape index (κ2) is 8.47. The number of pyridine rings is 1. The number of thioether (sulfide) groups is 1. The maximum Gasteiger partial charge on any atom is 0.197 e. The minimum absolute atomic E-state index is 0.0226. The van der Waals surface area contributed by atoms with Gasteiger partial charge in [0.1, 0.15) is 5.75 Å². The fourth-order valence-electron chi connectivity index (χ4n) is 2.72. The Kier molecular flexibility index (Phi) is 6.06. The summed E-state index contributed by atoms with van der Waals surface area (Å²) in [5.74, 6) is 0.783. The summed E-state index contributed by atoms with van der Waals surface area (Å²) in [5.41, 5.74) is 2.73. The van der Waals surface area contributed by atoms with Gasteiger partial charge in [0.2, 0.25) is 0 Å². The molecule has 1 saturated heterocycles. The molecule has 0 spiro atoms. The molecule has 0 saturated carbocycles. The van der Waals surface area contributed by atoms with Gasteiger partial charge in [0.05, 0.1) is 24.4 Å². The third-order valence-corrected chi connectivity index (χ3v) is 5.37. The van der Waals surface area contributed by atoms with E-state index in [-0.39, 0.29) is 22.6 Å². The Morgan fingerprint density at radius 2 is 2.00 bits per heavy atom. The average molecular weight is 371 g/mol. The maximum absolute atomic E-state index is 11.7. The Hall–Kier alpha value is -2.18. The van der Waals surface area contributed by atoms with Crippen LogP contribution >= 0.6 is 11.8 Å². The van der Waals surface area contributed by atoms with E-state index in [1.54, 1.807) is 13.1 Å². The molecule has 2 unspecified atom stereocenters. The molecule has 3 rings (SSSR count). The Balaban J connectivity index is 1.47. The first-order chi connectivity index (χ1) is 12.5. The van der Waals surface area contributed by atoms with Crippen LogP contribution in [0.4, 0.5) is 0 Å². The number of carbonyl (C=O) groups is 2. The van der Waals surface area contributed by atoms with Gasteiger partial charge in [-0.2, -0.15) is 0 Å². The lowest BCUT2D eigenvalue weighted by molar-refractivity contribution is -0.121. The number of hydrogen-bond acceptors (Lipinski definition) is 6. The van der Waals surface area contributed by atoms with Crippen molar-refractivity contribution in [2.45, 2.75) is 37.5 Å². The van der Waals surface area contributed by atoms with Gasteiger partial charge >= 0.3 is 0 Å². The molecule has 0 amide bonds. The highest BCUT2D eigenvalue weighted by Crippen LogP contribution is 2.28. The molecule has 2 atom stereocenters. The molecule has 1 aliphatic rings. The summed E-state index contributed by atoms with van der Waals surface area (Å²) in [6, 6.07) is 11.4. The summed E-state index contributed by atoms with van der Waals surface area (Å²) in [6.07, 6.45) is 2.49. The summed E-state index contributed by atoms with van der Waals surface area (Å²) in [6.45, 7) is 2.22. The molecule has 0 bridgehead atoms. The van der Waals surface area contributed by atoms with Gasteiger partial charge in [-0.1, -0.05) is 30.0 Å². The fourth-order valence-corrected chi connectivity index (χ4v) is 3.75. The molecule has 5 nitrogen and oxygen atoms in total. The van der Waals surface area contributed by atoms with Crippen LogP contribution in [0.1, 0.15) is 36.3 Å². The average Bonchev–Trinajstić information content (AvgIpc) is 2.94. The number of Topliss-reactive ketones (excluding diaryl/α,β-unsaturated/α-hetero) is 1. The number of aliphatic hydroxyl groups is 1. The third kappa shape index (κ3) is 4.93. The first-order valence-electron chi connectivity index (χ1n) is 8.58. The zero-order valence-corrected chi connectivity index (χ0v) is 15.4. The standard InChI is InChI=1S/C20H21NO4S/c1-13(22)15-4-5-16(21-12-15)8-9-25-17-6-2-14(3-7-17)10-19-18(23)11-20(24)26-19/h2-7,12-13,19,22H,8-11H2,1H3. The predicted molar refractivity (Wildman–Crippen MR) is 100 cm³/mol. The molecule has 26 heavy (non-hydrogen) atoms. The van der Waals surface area contributed by atoms with Crippen LogP contribution in [0.3, 0.4) is 0 Å². The molecule has 2 heterocycles. The van der Waals surface area contributed by atoms with Crippen molar-refractivity contribution in [1.29, 1.82) is 0 Å². The summed E-state index contributed by atoms with van der Waals surface area (Å²) in [7, 11) is 0. The van der Waals surface area contributed by atoms with E-state index in [0.717, 1.165) is 34.3 Å². The number of nitrogens with zero attached hydrogens (tertiary/aromatic N) is 1. The summed E-state index contributed by atoms with van der Waals surface area (Å²) >= 11 is 1.14. The minimum atomic E-state index is -0.512. The van der Waals surface area contributed by atoms with Crippen LogP contribution in [0.2, 0.25) is 0 Å². The Bertz CT molecular complexity index is 771. The van der Waals surface area contributed by atoms with Gasteiger partial charge < -0.3 is 9.84 Å². The molecule has 1 aliphatic heterocycles. The van der Waals surface area contributed by atoms with Crippen LogP contribution in [-0.4, -0.2) is 32.8 Å². The van der Waals surface area contributed by atoms with E-state index < -0.39 is 6.10 Å². The number of aromatic nitrogens is 1. The molecule has 136 valence electrons. The molecule has 1 aromatic heterocycles. The van der Waals surface area contributed by atoms with Crippen LogP contribution in [0.15, 0.2) is 42.6 Å². The van der Waals surface area contributed by atoms with Gasteiger partial charge in [0.15, 0.2) is 10.9 Å². The fraction of sp³-hybridized carbons (Fsp3) is 0.350. The van der Waals surface area contributed by atoms with Gasteiger partial charge in [-0.15, -0.1) is 0 Å². The van der Waals surface area contributed by atoms with Crippen LogP contribution in [0.5, 0.6) is 5.75 Å². The molecular formula is C20H21NO4S. The lowest BCUT2D eigenvalue weighted by Crippen LogP contribution is -2.13. The molecule has 1 N–H and O–H groups in total. The van der Waals surface area contributed by atoms with Crippen molar-refractivity contribution in [1.82, 2.24) is 4.98 Å². The van der Waals surface area contributed by atoms with Crippen molar-refractivity contribution >= 4 is 22.7 Å². The number of rotatable bonds is 7. The van der Waals surface area contributed by atoms with Crippen molar-refractivity contribution in [3.63, 3.8) is 0 Å². The quantitative estimate of drug-likeness (QED) is 0.754. The molecule has 2 aromatic rings. The third-order valence-electron chi connectivity index (χ3n) is 4.25. The smallest absolute Gasteiger partial charge is 0.197 e. The van der Waals surface area contributed by atoms with E-state index in [1.807, 2.05) is 36.4 Å². The van der Waals surface area contributed by atoms with Crippen LogP contribution in [-0.2, 0) is 22.4 Å². The highest BCUT2D eigenvalue weighted by atomic mass is 32.2. The zero-order valence-electron chi connectivity index (χ0n) is 14.6. The Morgan fingerprint density at radius 1 is 1.23 bits per heavy atom. The number of carbonyl (C=O) groups excluding carboxylic acids is 2. The second-order valence-electron chi connectivity index (χ2n) is 6.33. The van der Waals surface area contributed by atoms with Crippen molar-refractivity contribution in [2.24, 2.45) is 0 Å². The minimum Gasteiger partial charge on any atom is -0.493 e. The first kappa shape index (κ1) is 18.6. The molecule has 1 fully saturated rings. The number of hydrogen-bond donors (Lipinski definition) is 1. The monoisotopic (exact) mass is 371 g/mol. The summed E-state index contributed by atoms with van der Waals surface area (Å²) in [4.78, 5) is 27.3. The molecule has 1 aromatic carbocycles. The van der Waals surface area contributed by atoms with E-state index in [1.165, 1.54) is 0 Å². The van der Waals surface area contributed by atoms with Crippen molar-refractivity contribution in [3.05, 3.63) is 59.4 Å². The lowest BCUT2D eigenvalue weighted by Gasteiger charge is -2.09. The lowest BCUT2D eigenvalue weighted by atomic mass is 10.1. The van der Waals surface area contributed by atoms with Gasteiger partial charge in [-0.05, 0) is 42.7 Å². The Morgan fingerprint density at radius 3 is 2.58 bits per heavy atom. The normalized spacial score (nSPS) is 18.2. The molecule has 0 aliphatic carbocycles. The topological polar surface area (TPSA) is 76.5 Å². The van der Waals surface area contributed by atoms with Crippen LogP contribution in [0, 0.1) is 0 Å². The number of aliphatic hydroxyl groups excluding tert-OH is 1. The van der Waals surface area contributed by atoms with E-state index >= 15 is 0 Å². The molecule has 0 radical (unpaired) electrons. The first-order valence-corrected chi connectivity index (χ1v) is 9.46. The maximum atomic E-state index is 11.7. The van der Waals surface area contributed by atoms with E-state index in [0.29, 0.717) is 19.4 Å². The molecule has 6 heteroatoms.